The Morgan fingerprint density at radius 2 is 1.71 bits per heavy atom. The molecule has 0 aromatic heterocycles. The van der Waals surface area contributed by atoms with E-state index in [1.165, 1.54) is 25.7 Å². The molecule has 0 unspecified atom stereocenters. The summed E-state index contributed by atoms with van der Waals surface area (Å²) in [6, 6.07) is 0. The number of hydrogen-bond acceptors (Lipinski definition) is 2. The van der Waals surface area contributed by atoms with Gasteiger partial charge in [-0.25, -0.2) is 5.84 Å². The van der Waals surface area contributed by atoms with Gasteiger partial charge in [-0.05, 0) is 30.6 Å². The lowest BCUT2D eigenvalue weighted by Gasteiger charge is -2.28. The van der Waals surface area contributed by atoms with E-state index < -0.39 is 0 Å². The van der Waals surface area contributed by atoms with Crippen molar-refractivity contribution in [2.75, 3.05) is 0 Å². The molecule has 0 aromatic carbocycles. The molecule has 1 rings (SSSR count). The van der Waals surface area contributed by atoms with Gasteiger partial charge in [-0.1, -0.05) is 33.6 Å². The molecule has 0 bridgehead atoms. The van der Waals surface area contributed by atoms with Crippen LogP contribution in [0.1, 0.15) is 46.5 Å². The fraction of sp³-hybridized carbons (Fsp3) is 0.909. The largest absolute Gasteiger partial charge is 0.297 e. The number of hydrazine groups is 1. The number of nitrogens with one attached hydrogen (secondary N) is 1. The van der Waals surface area contributed by atoms with Crippen LogP contribution in [0.4, 0.5) is 0 Å². The molecule has 1 aliphatic rings. The minimum absolute atomic E-state index is 0.403. The van der Waals surface area contributed by atoms with Gasteiger partial charge in [-0.2, -0.15) is 0 Å². The van der Waals surface area contributed by atoms with Crippen LogP contribution in [0, 0.1) is 17.8 Å². The second-order valence-corrected chi connectivity index (χ2v) is 4.55. The predicted molar refractivity (Wildman–Crippen MR) is 59.3 cm³/mol. The summed E-state index contributed by atoms with van der Waals surface area (Å²) in [5.74, 6) is 7.38. The maximum Gasteiger partial charge on any atom is 0.221 e. The first kappa shape index (κ1) is 13.4. The van der Waals surface area contributed by atoms with Crippen LogP contribution in [0.3, 0.4) is 0 Å². The van der Waals surface area contributed by atoms with Gasteiger partial charge in [0.2, 0.25) is 6.41 Å². The van der Waals surface area contributed by atoms with Gasteiger partial charge in [0, 0.05) is 0 Å². The van der Waals surface area contributed by atoms with E-state index in [0.29, 0.717) is 6.41 Å². The topological polar surface area (TPSA) is 55.1 Å². The van der Waals surface area contributed by atoms with Crippen LogP contribution in [0.2, 0.25) is 0 Å². The minimum Gasteiger partial charge on any atom is -0.297 e. The predicted octanol–water partition coefficient (Wildman–Crippen LogP) is 2.07. The monoisotopic (exact) mass is 200 g/mol. The zero-order valence-electron chi connectivity index (χ0n) is 9.62. The van der Waals surface area contributed by atoms with Gasteiger partial charge >= 0.3 is 0 Å². The van der Waals surface area contributed by atoms with Crippen LogP contribution in [-0.4, -0.2) is 6.41 Å². The molecular weight excluding hydrogens is 176 g/mol. The maximum absolute atomic E-state index is 8.94. The van der Waals surface area contributed by atoms with E-state index in [4.69, 9.17) is 4.79 Å². The van der Waals surface area contributed by atoms with E-state index in [0.717, 1.165) is 17.8 Å². The Balaban J connectivity index is 0.000000364. The molecule has 1 fully saturated rings. The van der Waals surface area contributed by atoms with E-state index >= 15 is 0 Å². The number of amides is 1. The van der Waals surface area contributed by atoms with Crippen molar-refractivity contribution in [1.82, 2.24) is 5.43 Å². The number of carbonyl (C=O) groups is 1. The minimum atomic E-state index is 0.403. The average molecular weight is 200 g/mol. The van der Waals surface area contributed by atoms with Crippen LogP contribution < -0.4 is 11.3 Å². The Bertz CT molecular complexity index is 140. The molecule has 14 heavy (non-hydrogen) atoms. The van der Waals surface area contributed by atoms with Gasteiger partial charge in [-0.15, -0.1) is 0 Å². The van der Waals surface area contributed by atoms with Crippen LogP contribution in [-0.2, 0) is 4.79 Å². The highest BCUT2D eigenvalue weighted by molar-refractivity contribution is 5.44. The Morgan fingerprint density at radius 1 is 1.29 bits per heavy atom. The summed E-state index contributed by atoms with van der Waals surface area (Å²) >= 11 is 0. The zero-order valence-corrected chi connectivity index (χ0v) is 9.62. The van der Waals surface area contributed by atoms with Crippen molar-refractivity contribution in [2.45, 2.75) is 46.5 Å². The highest BCUT2D eigenvalue weighted by Gasteiger charge is 2.19. The first-order valence-electron chi connectivity index (χ1n) is 5.51. The van der Waals surface area contributed by atoms with Gasteiger partial charge in [0.15, 0.2) is 0 Å². The Kier molecular flexibility index (Phi) is 7.48. The van der Waals surface area contributed by atoms with Crippen molar-refractivity contribution in [3.05, 3.63) is 0 Å². The lowest BCUT2D eigenvalue weighted by Crippen LogP contribution is -2.18. The third kappa shape index (κ3) is 5.97. The quantitative estimate of drug-likeness (QED) is 0.310. The Hall–Kier alpha value is -0.570. The maximum atomic E-state index is 8.94. The number of carbonyl (C=O) groups excluding carboxylic acids is 1. The SMILES string of the molecule is CC1CCC(C(C)C)CC1.NNC=O. The van der Waals surface area contributed by atoms with E-state index in [2.05, 4.69) is 26.6 Å². The highest BCUT2D eigenvalue weighted by Crippen LogP contribution is 2.32. The van der Waals surface area contributed by atoms with Crippen LogP contribution >= 0.6 is 0 Å². The molecule has 3 heteroatoms. The Morgan fingerprint density at radius 3 is 2.00 bits per heavy atom. The number of rotatable bonds is 2. The fourth-order valence-electron chi connectivity index (χ4n) is 1.95. The standard InChI is InChI=1S/C10H20.CH4N2O/c1-8(2)10-6-4-9(3)5-7-10;2-3-1-4/h8-10H,4-7H2,1-3H3;1H,2H2,(H,3,4). The lowest BCUT2D eigenvalue weighted by molar-refractivity contribution is -0.109. The zero-order chi connectivity index (χ0) is 11.0. The van der Waals surface area contributed by atoms with Gasteiger partial charge < -0.3 is 0 Å². The second kappa shape index (κ2) is 7.80. The summed E-state index contributed by atoms with van der Waals surface area (Å²) in [5, 5.41) is 0. The van der Waals surface area contributed by atoms with Gasteiger partial charge in [0.1, 0.15) is 0 Å². The molecule has 0 atom stereocenters. The first-order chi connectivity index (χ1) is 6.61. The van der Waals surface area contributed by atoms with E-state index in [-0.39, 0.29) is 0 Å². The summed E-state index contributed by atoms with van der Waals surface area (Å²) in [6.45, 7) is 7.11. The molecule has 1 amide bonds. The summed E-state index contributed by atoms with van der Waals surface area (Å²) in [7, 11) is 0. The van der Waals surface area contributed by atoms with Crippen molar-refractivity contribution < 1.29 is 4.79 Å². The molecule has 0 aliphatic heterocycles. The van der Waals surface area contributed by atoms with Crippen LogP contribution in [0.5, 0.6) is 0 Å². The van der Waals surface area contributed by atoms with Gasteiger partial charge in [0.25, 0.3) is 0 Å². The summed E-state index contributed by atoms with van der Waals surface area (Å²) < 4.78 is 0. The second-order valence-electron chi connectivity index (χ2n) is 4.55. The van der Waals surface area contributed by atoms with Crippen LogP contribution in [0.15, 0.2) is 0 Å². The third-order valence-electron chi connectivity index (χ3n) is 3.07. The molecule has 3 N–H and O–H groups in total. The lowest BCUT2D eigenvalue weighted by atomic mass is 9.78. The molecule has 0 aromatic rings. The number of nitrogens with two attached hydrogens (primary N) is 1. The van der Waals surface area contributed by atoms with Crippen molar-refractivity contribution in [3.8, 4) is 0 Å². The molecule has 84 valence electrons. The Labute approximate surface area is 87.4 Å². The summed E-state index contributed by atoms with van der Waals surface area (Å²) in [6.07, 6.45) is 6.32. The molecule has 0 heterocycles. The highest BCUT2D eigenvalue weighted by atomic mass is 16.1. The molecule has 0 saturated heterocycles. The van der Waals surface area contributed by atoms with Crippen molar-refractivity contribution in [1.29, 1.82) is 0 Å². The third-order valence-corrected chi connectivity index (χ3v) is 3.07. The average Bonchev–Trinajstić information content (AvgIpc) is 2.19. The molecule has 0 spiro atoms. The molecular formula is C11H24N2O. The molecule has 1 saturated carbocycles. The van der Waals surface area contributed by atoms with Crippen LogP contribution in [0.25, 0.3) is 0 Å². The van der Waals surface area contributed by atoms with E-state index in [1.807, 2.05) is 0 Å². The summed E-state index contributed by atoms with van der Waals surface area (Å²) in [5.41, 5.74) is 1.75. The van der Waals surface area contributed by atoms with Crippen molar-refractivity contribution in [3.63, 3.8) is 0 Å². The number of hydrogen-bond donors (Lipinski definition) is 2. The van der Waals surface area contributed by atoms with E-state index in [9.17, 15) is 0 Å². The van der Waals surface area contributed by atoms with Crippen molar-refractivity contribution >= 4 is 6.41 Å². The fourth-order valence-corrected chi connectivity index (χ4v) is 1.95. The first-order valence-corrected chi connectivity index (χ1v) is 5.51. The molecule has 0 radical (unpaired) electrons. The van der Waals surface area contributed by atoms with E-state index in [1.54, 1.807) is 5.43 Å². The van der Waals surface area contributed by atoms with Gasteiger partial charge in [-0.3, -0.25) is 10.2 Å². The molecule has 1 aliphatic carbocycles. The van der Waals surface area contributed by atoms with Crippen molar-refractivity contribution in [2.24, 2.45) is 23.6 Å². The normalized spacial score (nSPS) is 26.4. The smallest absolute Gasteiger partial charge is 0.221 e. The molecule has 3 nitrogen and oxygen atoms in total. The summed E-state index contributed by atoms with van der Waals surface area (Å²) in [4.78, 5) is 8.94. The van der Waals surface area contributed by atoms with Gasteiger partial charge in [0.05, 0.1) is 0 Å².